The first-order valence-corrected chi connectivity index (χ1v) is 4.51. The van der Waals surface area contributed by atoms with Gasteiger partial charge in [-0.05, 0) is 14.0 Å². The molecule has 0 aromatic heterocycles. The highest BCUT2D eigenvalue weighted by atomic mass is 35.6. The number of likely N-dealkylation sites (N-methyl/N-ethyl adjacent to an activating group) is 1. The van der Waals surface area contributed by atoms with Crippen molar-refractivity contribution in [1.29, 1.82) is 5.41 Å². The number of rotatable bonds is 0. The zero-order valence-corrected chi connectivity index (χ0v) is 8.91. The monoisotopic (exact) mass is 230 g/mol. The Hall–Kier alpha value is 0.300. The normalized spacial score (nSPS) is 32.2. The molecule has 70 valence electrons. The van der Waals surface area contributed by atoms with Crippen molar-refractivity contribution in [3.8, 4) is 0 Å². The minimum absolute atomic E-state index is 0.133. The van der Waals surface area contributed by atoms with E-state index < -0.39 is 10.0 Å². The number of halogens is 3. The van der Waals surface area contributed by atoms with Crippen LogP contribution in [0.1, 0.15) is 6.92 Å². The van der Waals surface area contributed by atoms with Gasteiger partial charge in [-0.15, -0.1) is 0 Å². The van der Waals surface area contributed by atoms with Gasteiger partial charge in [0.1, 0.15) is 0 Å². The van der Waals surface area contributed by atoms with Crippen molar-refractivity contribution in [3.63, 3.8) is 0 Å². The largest absolute Gasteiger partial charge is 0.456 e. The van der Waals surface area contributed by atoms with E-state index in [-0.39, 0.29) is 11.9 Å². The molecule has 0 unspecified atom stereocenters. The average Bonchev–Trinajstić information content (AvgIpc) is 2.15. The summed E-state index contributed by atoms with van der Waals surface area (Å²) in [6.07, 6.45) is -0.662. The highest BCUT2D eigenvalue weighted by Crippen LogP contribution is 2.37. The molecule has 0 bridgehead atoms. The van der Waals surface area contributed by atoms with Crippen molar-refractivity contribution in [2.24, 2.45) is 0 Å². The van der Waals surface area contributed by atoms with Crippen LogP contribution in [0.15, 0.2) is 0 Å². The molecule has 2 atom stereocenters. The predicted molar refractivity (Wildman–Crippen MR) is 50.1 cm³/mol. The smallest absolute Gasteiger partial charge is 0.240 e. The Morgan fingerprint density at radius 2 is 2.00 bits per heavy atom. The molecule has 1 rings (SSSR count). The molecule has 0 radical (unpaired) electrons. The van der Waals surface area contributed by atoms with Crippen LogP contribution in [0.4, 0.5) is 0 Å². The van der Waals surface area contributed by atoms with Crippen molar-refractivity contribution in [3.05, 3.63) is 0 Å². The van der Waals surface area contributed by atoms with Crippen LogP contribution in [-0.4, -0.2) is 33.9 Å². The van der Waals surface area contributed by atoms with Gasteiger partial charge in [0.25, 0.3) is 0 Å². The topological polar surface area (TPSA) is 36.3 Å². The Morgan fingerprint density at radius 1 is 1.50 bits per heavy atom. The molecule has 1 aliphatic rings. The molecule has 0 amide bonds. The van der Waals surface area contributed by atoms with E-state index in [1.165, 1.54) is 0 Å². The molecule has 0 aliphatic carbocycles. The fraction of sp³-hybridized carbons (Fsp3) is 0.833. The van der Waals surface area contributed by atoms with Crippen LogP contribution in [0, 0.1) is 5.41 Å². The van der Waals surface area contributed by atoms with E-state index in [0.29, 0.717) is 0 Å². The first-order valence-electron chi connectivity index (χ1n) is 3.38. The fourth-order valence-corrected chi connectivity index (χ4v) is 1.58. The summed E-state index contributed by atoms with van der Waals surface area (Å²) in [5.41, 5.74) is 0. The van der Waals surface area contributed by atoms with E-state index in [9.17, 15) is 0 Å². The highest BCUT2D eigenvalue weighted by Gasteiger charge is 2.46. The summed E-state index contributed by atoms with van der Waals surface area (Å²) in [7, 11) is 1.75. The molecule has 1 fully saturated rings. The summed E-state index contributed by atoms with van der Waals surface area (Å²) in [5, 5.41) is 7.36. The van der Waals surface area contributed by atoms with Crippen LogP contribution in [0.3, 0.4) is 0 Å². The van der Waals surface area contributed by atoms with Crippen LogP contribution < -0.4 is 0 Å². The number of nitrogens with zero attached hydrogens (tertiary/aromatic N) is 1. The summed E-state index contributed by atoms with van der Waals surface area (Å²) in [6.45, 7) is 1.82. The fourth-order valence-electron chi connectivity index (χ4n) is 0.988. The van der Waals surface area contributed by atoms with E-state index in [2.05, 4.69) is 0 Å². The molecule has 0 saturated carbocycles. The number of ether oxygens (including phenoxy) is 1. The Morgan fingerprint density at radius 3 is 2.17 bits per heavy atom. The van der Waals surface area contributed by atoms with Gasteiger partial charge in [0.2, 0.25) is 10.0 Å². The van der Waals surface area contributed by atoms with Gasteiger partial charge in [-0.3, -0.25) is 10.3 Å². The van der Waals surface area contributed by atoms with Gasteiger partial charge >= 0.3 is 0 Å². The molecule has 3 nitrogen and oxygen atoms in total. The molecule has 1 heterocycles. The lowest BCUT2D eigenvalue weighted by Gasteiger charge is -2.25. The summed E-state index contributed by atoms with van der Waals surface area (Å²) < 4.78 is 3.56. The standard InChI is InChI=1S/C6H9Cl3N2O/c1-3-4(10)12-5(11(3)2)6(7,8)9/h3,5,10H,1-2H3/t3-,5-/m0/s1. The Balaban J connectivity index is 2.78. The first-order chi connectivity index (χ1) is 5.34. The average molecular weight is 232 g/mol. The Labute approximate surface area is 86.0 Å². The molecule has 0 aromatic rings. The van der Waals surface area contributed by atoms with Gasteiger partial charge in [0.15, 0.2) is 5.90 Å². The van der Waals surface area contributed by atoms with Crippen LogP contribution in [0.25, 0.3) is 0 Å². The maximum atomic E-state index is 7.36. The molecule has 0 aromatic carbocycles. The second kappa shape index (κ2) is 3.22. The van der Waals surface area contributed by atoms with Crippen molar-refractivity contribution in [2.45, 2.75) is 23.0 Å². The summed E-state index contributed by atoms with van der Waals surface area (Å²) in [4.78, 5) is 1.70. The summed E-state index contributed by atoms with van der Waals surface area (Å²) in [5.74, 6) is 0.133. The second-order valence-corrected chi connectivity index (χ2v) is 5.09. The molecule has 1 aliphatic heterocycles. The number of hydrogen-bond donors (Lipinski definition) is 1. The zero-order valence-electron chi connectivity index (χ0n) is 6.64. The zero-order chi connectivity index (χ0) is 9.52. The van der Waals surface area contributed by atoms with E-state index in [1.807, 2.05) is 6.92 Å². The quantitative estimate of drug-likeness (QED) is 0.648. The van der Waals surface area contributed by atoms with Crippen LogP contribution >= 0.6 is 34.8 Å². The summed E-state index contributed by atoms with van der Waals surface area (Å²) in [6, 6.07) is -0.134. The van der Waals surface area contributed by atoms with Gasteiger partial charge in [-0.25, -0.2) is 0 Å². The van der Waals surface area contributed by atoms with Crippen molar-refractivity contribution in [2.75, 3.05) is 7.05 Å². The SMILES string of the molecule is C[C@H]1C(=N)O[C@@H](C(Cl)(Cl)Cl)N1C. The lowest BCUT2D eigenvalue weighted by Crippen LogP contribution is -2.40. The number of alkyl halides is 3. The van der Waals surface area contributed by atoms with E-state index in [0.717, 1.165) is 0 Å². The Kier molecular flexibility index (Phi) is 2.78. The predicted octanol–water partition coefficient (Wildman–Crippen LogP) is 2.01. The number of hydrogen-bond acceptors (Lipinski definition) is 3. The van der Waals surface area contributed by atoms with Crippen LogP contribution in [0.5, 0.6) is 0 Å². The lowest BCUT2D eigenvalue weighted by molar-refractivity contribution is 0.0887. The molecule has 12 heavy (non-hydrogen) atoms. The van der Waals surface area contributed by atoms with E-state index in [1.54, 1.807) is 11.9 Å². The van der Waals surface area contributed by atoms with Crippen LogP contribution in [0.2, 0.25) is 0 Å². The Bertz CT molecular complexity index is 203. The minimum Gasteiger partial charge on any atom is -0.456 e. The van der Waals surface area contributed by atoms with Crippen molar-refractivity contribution < 1.29 is 4.74 Å². The lowest BCUT2D eigenvalue weighted by atomic mass is 10.3. The second-order valence-electron chi connectivity index (χ2n) is 2.72. The third-order valence-corrected chi connectivity index (χ3v) is 2.44. The molecule has 6 heteroatoms. The minimum atomic E-state index is -1.51. The molecule has 0 spiro atoms. The summed E-state index contributed by atoms with van der Waals surface area (Å²) >= 11 is 16.9. The van der Waals surface area contributed by atoms with Gasteiger partial charge < -0.3 is 4.74 Å². The van der Waals surface area contributed by atoms with E-state index >= 15 is 0 Å². The van der Waals surface area contributed by atoms with Crippen LogP contribution in [-0.2, 0) is 4.74 Å². The van der Waals surface area contributed by atoms with Gasteiger partial charge in [-0.1, -0.05) is 34.8 Å². The third kappa shape index (κ3) is 1.79. The maximum Gasteiger partial charge on any atom is 0.240 e. The van der Waals surface area contributed by atoms with Gasteiger partial charge in [0.05, 0.1) is 6.04 Å². The van der Waals surface area contributed by atoms with Crippen molar-refractivity contribution >= 4 is 40.7 Å². The molecular weight excluding hydrogens is 222 g/mol. The molecular formula is C6H9Cl3N2O. The first kappa shape index (κ1) is 10.4. The van der Waals surface area contributed by atoms with Gasteiger partial charge in [-0.2, -0.15) is 0 Å². The maximum absolute atomic E-state index is 7.36. The van der Waals surface area contributed by atoms with Crippen molar-refractivity contribution in [1.82, 2.24) is 4.90 Å². The molecule has 1 saturated heterocycles. The van der Waals surface area contributed by atoms with Gasteiger partial charge in [0, 0.05) is 0 Å². The number of nitrogens with one attached hydrogen (secondary N) is 1. The third-order valence-electron chi connectivity index (χ3n) is 1.88. The molecule has 1 N–H and O–H groups in total. The highest BCUT2D eigenvalue weighted by molar-refractivity contribution is 6.68. The van der Waals surface area contributed by atoms with E-state index in [4.69, 9.17) is 44.9 Å².